The highest BCUT2D eigenvalue weighted by molar-refractivity contribution is 5.86. The van der Waals surface area contributed by atoms with E-state index in [9.17, 15) is 9.59 Å². The van der Waals surface area contributed by atoms with Crippen molar-refractivity contribution in [1.29, 1.82) is 0 Å². The lowest BCUT2D eigenvalue weighted by Crippen LogP contribution is -2.52. The van der Waals surface area contributed by atoms with E-state index in [2.05, 4.69) is 22.6 Å². The number of carbonyl (C=O) groups is 2. The second kappa shape index (κ2) is 6.83. The van der Waals surface area contributed by atoms with Gasteiger partial charge in [-0.3, -0.25) is 9.59 Å². The van der Waals surface area contributed by atoms with Crippen LogP contribution in [0.25, 0.3) is 0 Å². The second-order valence-electron chi connectivity index (χ2n) is 5.05. The Hall–Kier alpha value is -1.18. The van der Waals surface area contributed by atoms with Crippen molar-refractivity contribution >= 4 is 11.8 Å². The molecule has 2 aliphatic rings. The number of hydrogen-bond donors (Lipinski definition) is 2. The summed E-state index contributed by atoms with van der Waals surface area (Å²) in [5.74, 6) is -0.115. The lowest BCUT2D eigenvalue weighted by atomic mass is 10.3. The summed E-state index contributed by atoms with van der Waals surface area (Å²) in [5.41, 5.74) is 0. The SMILES string of the molecule is CN1CCO[C@H](CNCC(=O)N2CCNC(=O)C2)C1. The summed E-state index contributed by atoms with van der Waals surface area (Å²) < 4.78 is 5.60. The molecule has 0 aromatic carbocycles. The van der Waals surface area contributed by atoms with Gasteiger partial charge in [0.15, 0.2) is 0 Å². The molecule has 2 rings (SSSR count). The second-order valence-corrected chi connectivity index (χ2v) is 5.05. The van der Waals surface area contributed by atoms with Crippen LogP contribution in [-0.2, 0) is 14.3 Å². The van der Waals surface area contributed by atoms with E-state index in [1.165, 1.54) is 0 Å². The van der Waals surface area contributed by atoms with E-state index in [1.807, 2.05) is 0 Å². The number of nitrogens with one attached hydrogen (secondary N) is 2. The van der Waals surface area contributed by atoms with Gasteiger partial charge in [0.2, 0.25) is 11.8 Å². The molecule has 2 aliphatic heterocycles. The summed E-state index contributed by atoms with van der Waals surface area (Å²) in [7, 11) is 2.06. The number of likely N-dealkylation sites (N-methyl/N-ethyl adjacent to an activating group) is 1. The van der Waals surface area contributed by atoms with Gasteiger partial charge in [0.25, 0.3) is 0 Å². The predicted octanol–water partition coefficient (Wildman–Crippen LogP) is -2.13. The molecule has 0 aromatic heterocycles. The number of nitrogens with zero attached hydrogens (tertiary/aromatic N) is 2. The molecule has 108 valence electrons. The molecular formula is C12H22N4O3. The van der Waals surface area contributed by atoms with E-state index in [4.69, 9.17) is 4.74 Å². The van der Waals surface area contributed by atoms with E-state index in [0.29, 0.717) is 19.6 Å². The van der Waals surface area contributed by atoms with Crippen LogP contribution >= 0.6 is 0 Å². The van der Waals surface area contributed by atoms with Crippen molar-refractivity contribution in [3.05, 3.63) is 0 Å². The highest BCUT2D eigenvalue weighted by Crippen LogP contribution is 2.01. The topological polar surface area (TPSA) is 73.9 Å². The standard InChI is InChI=1S/C12H22N4O3/c1-15-4-5-19-10(8-15)6-13-7-12(18)16-3-2-14-11(17)9-16/h10,13H,2-9H2,1H3,(H,14,17)/t10-/m1/s1. The fourth-order valence-electron chi connectivity index (χ4n) is 2.29. The van der Waals surface area contributed by atoms with Gasteiger partial charge in [-0.05, 0) is 7.05 Å². The number of carbonyl (C=O) groups excluding carboxylic acids is 2. The summed E-state index contributed by atoms with van der Waals surface area (Å²) in [4.78, 5) is 26.9. The number of hydrogen-bond acceptors (Lipinski definition) is 5. The molecule has 2 amide bonds. The van der Waals surface area contributed by atoms with E-state index in [-0.39, 0.29) is 31.0 Å². The van der Waals surface area contributed by atoms with Gasteiger partial charge < -0.3 is 25.2 Å². The van der Waals surface area contributed by atoms with Crippen molar-refractivity contribution in [3.63, 3.8) is 0 Å². The van der Waals surface area contributed by atoms with Crippen molar-refractivity contribution < 1.29 is 14.3 Å². The molecule has 0 saturated carbocycles. The minimum Gasteiger partial charge on any atom is -0.374 e. The Morgan fingerprint density at radius 3 is 3.11 bits per heavy atom. The van der Waals surface area contributed by atoms with Crippen LogP contribution in [0, 0.1) is 0 Å². The van der Waals surface area contributed by atoms with Gasteiger partial charge in [-0.1, -0.05) is 0 Å². The Morgan fingerprint density at radius 1 is 1.53 bits per heavy atom. The van der Waals surface area contributed by atoms with Gasteiger partial charge in [0, 0.05) is 32.7 Å². The molecule has 0 unspecified atom stereocenters. The van der Waals surface area contributed by atoms with Crippen LogP contribution < -0.4 is 10.6 Å². The number of amides is 2. The molecule has 0 radical (unpaired) electrons. The van der Waals surface area contributed by atoms with Crippen molar-refractivity contribution in [1.82, 2.24) is 20.4 Å². The van der Waals surface area contributed by atoms with Crippen molar-refractivity contribution in [2.45, 2.75) is 6.10 Å². The minimum atomic E-state index is -0.0863. The summed E-state index contributed by atoms with van der Waals surface area (Å²) in [6.07, 6.45) is 0.135. The van der Waals surface area contributed by atoms with Gasteiger partial charge in [0.1, 0.15) is 0 Å². The summed E-state index contributed by atoms with van der Waals surface area (Å²) in [5, 5.41) is 5.81. The van der Waals surface area contributed by atoms with E-state index in [1.54, 1.807) is 4.90 Å². The van der Waals surface area contributed by atoms with Crippen LogP contribution in [0.4, 0.5) is 0 Å². The van der Waals surface area contributed by atoms with Crippen molar-refractivity contribution in [3.8, 4) is 0 Å². The molecule has 2 N–H and O–H groups in total. The highest BCUT2D eigenvalue weighted by Gasteiger charge is 2.21. The monoisotopic (exact) mass is 270 g/mol. The fraction of sp³-hybridized carbons (Fsp3) is 0.833. The smallest absolute Gasteiger partial charge is 0.239 e. The quantitative estimate of drug-likeness (QED) is 0.610. The average molecular weight is 270 g/mol. The molecule has 7 heteroatoms. The molecule has 7 nitrogen and oxygen atoms in total. The molecule has 19 heavy (non-hydrogen) atoms. The Balaban J connectivity index is 1.64. The maximum Gasteiger partial charge on any atom is 0.239 e. The molecule has 0 aromatic rings. The zero-order chi connectivity index (χ0) is 13.7. The Kier molecular flexibility index (Phi) is 5.12. The molecule has 2 heterocycles. The van der Waals surface area contributed by atoms with Crippen molar-refractivity contribution in [2.24, 2.45) is 0 Å². The van der Waals surface area contributed by atoms with E-state index < -0.39 is 0 Å². The van der Waals surface area contributed by atoms with Crippen LogP contribution in [0.1, 0.15) is 0 Å². The average Bonchev–Trinajstić information content (AvgIpc) is 2.38. The first-order valence-electron chi connectivity index (χ1n) is 6.70. The number of rotatable bonds is 4. The molecule has 0 spiro atoms. The highest BCUT2D eigenvalue weighted by atomic mass is 16.5. The van der Waals surface area contributed by atoms with Gasteiger partial charge in [-0.25, -0.2) is 0 Å². The maximum atomic E-state index is 11.9. The van der Waals surface area contributed by atoms with E-state index >= 15 is 0 Å². The molecule has 0 aliphatic carbocycles. The molecule has 1 atom stereocenters. The third kappa shape index (κ3) is 4.45. The number of ether oxygens (including phenoxy) is 1. The molecule has 2 saturated heterocycles. The van der Waals surface area contributed by atoms with Gasteiger partial charge in [0.05, 0.1) is 25.8 Å². The van der Waals surface area contributed by atoms with Gasteiger partial charge in [-0.15, -0.1) is 0 Å². The number of morpholine rings is 1. The van der Waals surface area contributed by atoms with Crippen LogP contribution in [-0.4, -0.2) is 87.2 Å². The Labute approximate surface area is 113 Å². The first kappa shape index (κ1) is 14.2. The van der Waals surface area contributed by atoms with Crippen LogP contribution in [0.2, 0.25) is 0 Å². The third-order valence-electron chi connectivity index (χ3n) is 3.38. The first-order chi connectivity index (χ1) is 9.15. The largest absolute Gasteiger partial charge is 0.374 e. The zero-order valence-corrected chi connectivity index (χ0v) is 11.4. The van der Waals surface area contributed by atoms with Gasteiger partial charge >= 0.3 is 0 Å². The van der Waals surface area contributed by atoms with E-state index in [0.717, 1.165) is 19.7 Å². The maximum absolute atomic E-state index is 11.9. The molecule has 0 bridgehead atoms. The lowest BCUT2D eigenvalue weighted by Gasteiger charge is -2.30. The number of piperazine rings is 1. The Bertz CT molecular complexity index is 337. The fourth-order valence-corrected chi connectivity index (χ4v) is 2.29. The van der Waals surface area contributed by atoms with Crippen molar-refractivity contribution in [2.75, 3.05) is 59.5 Å². The third-order valence-corrected chi connectivity index (χ3v) is 3.38. The van der Waals surface area contributed by atoms with Crippen LogP contribution in [0.5, 0.6) is 0 Å². The summed E-state index contributed by atoms with van der Waals surface area (Å²) in [6, 6.07) is 0. The summed E-state index contributed by atoms with van der Waals surface area (Å²) in [6.45, 7) is 4.81. The summed E-state index contributed by atoms with van der Waals surface area (Å²) >= 11 is 0. The van der Waals surface area contributed by atoms with Gasteiger partial charge in [-0.2, -0.15) is 0 Å². The molecule has 2 fully saturated rings. The zero-order valence-electron chi connectivity index (χ0n) is 11.4. The minimum absolute atomic E-state index is 0.0287. The van der Waals surface area contributed by atoms with Crippen LogP contribution in [0.3, 0.4) is 0 Å². The predicted molar refractivity (Wildman–Crippen MR) is 69.7 cm³/mol. The molecular weight excluding hydrogens is 248 g/mol. The van der Waals surface area contributed by atoms with Crippen LogP contribution in [0.15, 0.2) is 0 Å². The Morgan fingerprint density at radius 2 is 2.37 bits per heavy atom. The first-order valence-corrected chi connectivity index (χ1v) is 6.70. The lowest BCUT2D eigenvalue weighted by molar-refractivity contribution is -0.137. The normalized spacial score (nSPS) is 25.2.